The summed E-state index contributed by atoms with van der Waals surface area (Å²) in [5.74, 6) is 0.432. The highest BCUT2D eigenvalue weighted by molar-refractivity contribution is 8.00. The van der Waals surface area contributed by atoms with Crippen LogP contribution < -0.4 is 10.2 Å². The van der Waals surface area contributed by atoms with Gasteiger partial charge in [-0.05, 0) is 48.9 Å². The Bertz CT molecular complexity index is 966. The Morgan fingerprint density at radius 3 is 2.23 bits per heavy atom. The fourth-order valence-electron chi connectivity index (χ4n) is 3.74. The third-order valence-corrected chi connectivity index (χ3v) is 6.54. The quantitative estimate of drug-likeness (QED) is 0.531. The van der Waals surface area contributed by atoms with Crippen LogP contribution in [0.15, 0.2) is 83.8 Å². The van der Waals surface area contributed by atoms with Gasteiger partial charge >= 0.3 is 0 Å². The van der Waals surface area contributed by atoms with Crippen molar-refractivity contribution in [1.29, 1.82) is 0 Å². The van der Waals surface area contributed by atoms with Crippen LogP contribution in [-0.4, -0.2) is 42.7 Å². The van der Waals surface area contributed by atoms with Gasteiger partial charge in [-0.3, -0.25) is 9.69 Å². The fourth-order valence-corrected chi connectivity index (χ4v) is 4.44. The molecule has 3 aromatic carbocycles. The lowest BCUT2D eigenvalue weighted by Crippen LogP contribution is -2.45. The number of hydrogen-bond donors (Lipinski definition) is 1. The highest BCUT2D eigenvalue weighted by Gasteiger charge is 2.17. The summed E-state index contributed by atoms with van der Waals surface area (Å²) in [6.45, 7) is 7.24. The molecule has 0 saturated carbocycles. The first-order valence-electron chi connectivity index (χ1n) is 10.8. The lowest BCUT2D eigenvalue weighted by molar-refractivity contribution is -0.113. The van der Waals surface area contributed by atoms with Gasteiger partial charge in [0.05, 0.1) is 5.75 Å². The van der Waals surface area contributed by atoms with E-state index in [0.29, 0.717) is 5.75 Å². The van der Waals surface area contributed by atoms with Crippen LogP contribution in [0, 0.1) is 6.92 Å². The Balaban J connectivity index is 1.23. The standard InChI is InChI=1S/C26H29N3OS/c1-21-7-13-25(14-8-21)31-20-26(30)27-23-9-11-24(12-10-23)29-17-15-28(16-18-29)19-22-5-3-2-4-6-22/h2-14H,15-20H2,1H3,(H,27,30). The Hall–Kier alpha value is -2.76. The zero-order chi connectivity index (χ0) is 21.5. The molecule has 1 aliphatic heterocycles. The van der Waals surface area contributed by atoms with Crippen molar-refractivity contribution in [3.8, 4) is 0 Å². The van der Waals surface area contributed by atoms with E-state index in [1.165, 1.54) is 16.8 Å². The second-order valence-corrected chi connectivity index (χ2v) is 8.99. The third kappa shape index (κ3) is 6.36. The topological polar surface area (TPSA) is 35.6 Å². The number of anilines is 2. The monoisotopic (exact) mass is 431 g/mol. The summed E-state index contributed by atoms with van der Waals surface area (Å²) in [5.41, 5.74) is 4.66. The number of nitrogens with one attached hydrogen (secondary N) is 1. The number of benzene rings is 3. The van der Waals surface area contributed by atoms with E-state index in [2.05, 4.69) is 88.8 Å². The fraction of sp³-hybridized carbons (Fsp3) is 0.269. The van der Waals surface area contributed by atoms with Gasteiger partial charge in [-0.15, -0.1) is 11.8 Å². The molecular formula is C26H29N3OS. The summed E-state index contributed by atoms with van der Waals surface area (Å²) in [6, 6.07) is 27.1. The molecule has 3 aromatic rings. The van der Waals surface area contributed by atoms with Crippen molar-refractivity contribution in [2.45, 2.75) is 18.4 Å². The van der Waals surface area contributed by atoms with E-state index in [9.17, 15) is 4.79 Å². The first kappa shape index (κ1) is 21.5. The summed E-state index contributed by atoms with van der Waals surface area (Å²) < 4.78 is 0. The number of thioether (sulfide) groups is 1. The number of hydrogen-bond acceptors (Lipinski definition) is 4. The van der Waals surface area contributed by atoms with E-state index in [-0.39, 0.29) is 5.91 Å². The molecule has 1 N–H and O–H groups in total. The van der Waals surface area contributed by atoms with E-state index >= 15 is 0 Å². The molecule has 0 bridgehead atoms. The molecule has 1 aliphatic rings. The van der Waals surface area contributed by atoms with E-state index in [0.717, 1.165) is 43.3 Å². The number of carbonyl (C=O) groups is 1. The molecule has 31 heavy (non-hydrogen) atoms. The number of rotatable bonds is 7. The van der Waals surface area contributed by atoms with E-state index in [1.807, 2.05) is 12.1 Å². The zero-order valence-corrected chi connectivity index (χ0v) is 18.8. The molecule has 1 amide bonds. The molecule has 1 fully saturated rings. The number of nitrogens with zero attached hydrogens (tertiary/aromatic N) is 2. The predicted octanol–water partition coefficient (Wildman–Crippen LogP) is 5.05. The average molecular weight is 432 g/mol. The van der Waals surface area contributed by atoms with Gasteiger partial charge in [0.15, 0.2) is 0 Å². The lowest BCUT2D eigenvalue weighted by Gasteiger charge is -2.36. The molecule has 4 nitrogen and oxygen atoms in total. The molecule has 0 aromatic heterocycles. The lowest BCUT2D eigenvalue weighted by atomic mass is 10.2. The van der Waals surface area contributed by atoms with E-state index in [1.54, 1.807) is 11.8 Å². The Morgan fingerprint density at radius 1 is 0.871 bits per heavy atom. The minimum atomic E-state index is 0.0212. The van der Waals surface area contributed by atoms with Gasteiger partial charge in [0.2, 0.25) is 5.91 Å². The van der Waals surface area contributed by atoms with Crippen LogP contribution in [0.3, 0.4) is 0 Å². The molecule has 160 valence electrons. The Labute approximate surface area is 189 Å². The largest absolute Gasteiger partial charge is 0.369 e. The van der Waals surface area contributed by atoms with Gasteiger partial charge in [0.25, 0.3) is 0 Å². The van der Waals surface area contributed by atoms with E-state index < -0.39 is 0 Å². The summed E-state index contributed by atoms with van der Waals surface area (Å²) in [5, 5.41) is 3.00. The highest BCUT2D eigenvalue weighted by atomic mass is 32.2. The maximum Gasteiger partial charge on any atom is 0.234 e. The maximum atomic E-state index is 12.3. The first-order chi connectivity index (χ1) is 15.2. The maximum absolute atomic E-state index is 12.3. The van der Waals surface area contributed by atoms with Gasteiger partial charge < -0.3 is 10.2 Å². The molecule has 1 saturated heterocycles. The normalized spacial score (nSPS) is 14.4. The minimum Gasteiger partial charge on any atom is -0.369 e. The molecule has 4 rings (SSSR count). The van der Waals surface area contributed by atoms with Crippen molar-refractivity contribution < 1.29 is 4.79 Å². The van der Waals surface area contributed by atoms with Crippen molar-refractivity contribution in [3.63, 3.8) is 0 Å². The molecule has 0 aliphatic carbocycles. The number of carbonyl (C=O) groups excluding carboxylic acids is 1. The second-order valence-electron chi connectivity index (χ2n) is 7.95. The summed E-state index contributed by atoms with van der Waals surface area (Å²) in [4.78, 5) is 18.3. The van der Waals surface area contributed by atoms with Gasteiger partial charge in [-0.2, -0.15) is 0 Å². The van der Waals surface area contributed by atoms with Crippen molar-refractivity contribution in [2.24, 2.45) is 0 Å². The van der Waals surface area contributed by atoms with Gasteiger partial charge in [0, 0.05) is 49.0 Å². The molecule has 0 unspecified atom stereocenters. The SMILES string of the molecule is Cc1ccc(SCC(=O)Nc2ccc(N3CCN(Cc4ccccc4)CC3)cc2)cc1. The van der Waals surface area contributed by atoms with Crippen LogP contribution in [-0.2, 0) is 11.3 Å². The van der Waals surface area contributed by atoms with Gasteiger partial charge in [-0.25, -0.2) is 0 Å². The van der Waals surface area contributed by atoms with Crippen LogP contribution in [0.2, 0.25) is 0 Å². The molecule has 0 radical (unpaired) electrons. The Kier molecular flexibility index (Phi) is 7.28. The molecule has 0 atom stereocenters. The number of amides is 1. The summed E-state index contributed by atoms with van der Waals surface area (Å²) in [6.07, 6.45) is 0. The van der Waals surface area contributed by atoms with Crippen LogP contribution in [0.1, 0.15) is 11.1 Å². The molecule has 1 heterocycles. The minimum absolute atomic E-state index is 0.0212. The number of aryl methyl sites for hydroxylation is 1. The smallest absolute Gasteiger partial charge is 0.234 e. The zero-order valence-electron chi connectivity index (χ0n) is 18.0. The second kappa shape index (κ2) is 10.5. The van der Waals surface area contributed by atoms with Gasteiger partial charge in [-0.1, -0.05) is 48.0 Å². The molecule has 5 heteroatoms. The Morgan fingerprint density at radius 2 is 1.55 bits per heavy atom. The van der Waals surface area contributed by atoms with Crippen molar-refractivity contribution in [2.75, 3.05) is 42.1 Å². The van der Waals surface area contributed by atoms with Crippen LogP contribution in [0.5, 0.6) is 0 Å². The average Bonchev–Trinajstić information content (AvgIpc) is 2.80. The molecule has 0 spiro atoms. The van der Waals surface area contributed by atoms with Crippen molar-refractivity contribution >= 4 is 29.0 Å². The number of piperazine rings is 1. The van der Waals surface area contributed by atoms with Crippen LogP contribution >= 0.6 is 11.8 Å². The predicted molar refractivity (Wildman–Crippen MR) is 131 cm³/mol. The summed E-state index contributed by atoms with van der Waals surface area (Å²) in [7, 11) is 0. The van der Waals surface area contributed by atoms with Crippen LogP contribution in [0.25, 0.3) is 0 Å². The first-order valence-corrected chi connectivity index (χ1v) is 11.7. The van der Waals surface area contributed by atoms with Gasteiger partial charge in [0.1, 0.15) is 0 Å². The van der Waals surface area contributed by atoms with Crippen molar-refractivity contribution in [3.05, 3.63) is 90.0 Å². The van der Waals surface area contributed by atoms with E-state index in [4.69, 9.17) is 0 Å². The molecular weight excluding hydrogens is 402 g/mol. The summed E-state index contributed by atoms with van der Waals surface area (Å²) >= 11 is 1.56. The third-order valence-electron chi connectivity index (χ3n) is 5.53. The van der Waals surface area contributed by atoms with Crippen molar-refractivity contribution in [1.82, 2.24) is 4.90 Å². The van der Waals surface area contributed by atoms with Crippen LogP contribution in [0.4, 0.5) is 11.4 Å². The highest BCUT2D eigenvalue weighted by Crippen LogP contribution is 2.22.